The molecule has 2 unspecified atom stereocenters. The zero-order valence-corrected chi connectivity index (χ0v) is 8.88. The molecule has 0 aromatic heterocycles. The first-order valence-corrected chi connectivity index (χ1v) is 5.42. The van der Waals surface area contributed by atoms with Gasteiger partial charge < -0.3 is 16.4 Å². The molecule has 0 bridgehead atoms. The smallest absolute Gasteiger partial charge is 0.216 e. The molecular formula is C10H21N3O. The molecule has 0 aliphatic heterocycles. The van der Waals surface area contributed by atoms with Crippen molar-refractivity contribution in [3.63, 3.8) is 0 Å². The van der Waals surface area contributed by atoms with Gasteiger partial charge in [0, 0.05) is 32.1 Å². The molecular weight excluding hydrogens is 178 g/mol. The zero-order chi connectivity index (χ0) is 10.4. The van der Waals surface area contributed by atoms with Gasteiger partial charge in [-0.3, -0.25) is 4.79 Å². The number of carbonyl (C=O) groups excluding carboxylic acids is 1. The van der Waals surface area contributed by atoms with E-state index in [2.05, 4.69) is 10.6 Å². The van der Waals surface area contributed by atoms with Gasteiger partial charge in [0.05, 0.1) is 0 Å². The molecule has 1 amide bonds. The van der Waals surface area contributed by atoms with E-state index in [4.69, 9.17) is 5.73 Å². The molecule has 0 heterocycles. The van der Waals surface area contributed by atoms with Crippen LogP contribution < -0.4 is 16.4 Å². The summed E-state index contributed by atoms with van der Waals surface area (Å²) in [7, 11) is 0. The van der Waals surface area contributed by atoms with Gasteiger partial charge in [-0.15, -0.1) is 0 Å². The van der Waals surface area contributed by atoms with Crippen molar-refractivity contribution in [2.45, 2.75) is 44.7 Å². The number of nitrogens with one attached hydrogen (secondary N) is 2. The largest absolute Gasteiger partial charge is 0.355 e. The molecule has 0 spiro atoms. The van der Waals surface area contributed by atoms with Crippen LogP contribution in [0.25, 0.3) is 0 Å². The molecule has 1 fully saturated rings. The predicted molar refractivity (Wildman–Crippen MR) is 56.9 cm³/mol. The summed E-state index contributed by atoms with van der Waals surface area (Å²) in [5, 5.41) is 6.18. The lowest BCUT2D eigenvalue weighted by Gasteiger charge is -2.27. The quantitative estimate of drug-likeness (QED) is 0.558. The Morgan fingerprint density at radius 2 is 2.21 bits per heavy atom. The molecule has 2 atom stereocenters. The van der Waals surface area contributed by atoms with Crippen LogP contribution in [0.4, 0.5) is 0 Å². The van der Waals surface area contributed by atoms with E-state index >= 15 is 0 Å². The molecule has 1 saturated carbocycles. The van der Waals surface area contributed by atoms with Crippen molar-refractivity contribution in [3.8, 4) is 0 Å². The Labute approximate surface area is 85.6 Å². The Morgan fingerprint density at radius 1 is 1.43 bits per heavy atom. The van der Waals surface area contributed by atoms with Crippen molar-refractivity contribution in [1.82, 2.24) is 10.6 Å². The molecule has 4 nitrogen and oxygen atoms in total. The second-order valence-corrected chi connectivity index (χ2v) is 4.06. The molecule has 4 heteroatoms. The van der Waals surface area contributed by atoms with Gasteiger partial charge in [0.15, 0.2) is 0 Å². The highest BCUT2D eigenvalue weighted by Crippen LogP contribution is 2.16. The van der Waals surface area contributed by atoms with Crippen LogP contribution in [0.1, 0.15) is 32.6 Å². The molecule has 0 aromatic rings. The van der Waals surface area contributed by atoms with E-state index in [1.807, 2.05) is 0 Å². The van der Waals surface area contributed by atoms with Crippen LogP contribution in [0.3, 0.4) is 0 Å². The monoisotopic (exact) mass is 199 g/mol. The molecule has 14 heavy (non-hydrogen) atoms. The first-order chi connectivity index (χ1) is 6.68. The molecule has 0 radical (unpaired) electrons. The van der Waals surface area contributed by atoms with Gasteiger partial charge in [-0.2, -0.15) is 0 Å². The number of hydrogen-bond donors (Lipinski definition) is 3. The van der Waals surface area contributed by atoms with E-state index in [0.29, 0.717) is 18.6 Å². The molecule has 1 aliphatic rings. The Kier molecular flexibility index (Phi) is 4.90. The Balaban J connectivity index is 2.03. The predicted octanol–water partition coefficient (Wildman–Crippen LogP) is -0.0180. The lowest BCUT2D eigenvalue weighted by Crippen LogP contribution is -2.42. The average molecular weight is 199 g/mol. The van der Waals surface area contributed by atoms with Crippen LogP contribution in [0.15, 0.2) is 0 Å². The second kappa shape index (κ2) is 5.98. The fourth-order valence-electron chi connectivity index (χ4n) is 1.93. The molecule has 0 saturated heterocycles. The molecule has 4 N–H and O–H groups in total. The third-order valence-electron chi connectivity index (χ3n) is 2.65. The van der Waals surface area contributed by atoms with Crippen LogP contribution in [-0.4, -0.2) is 31.1 Å². The summed E-state index contributed by atoms with van der Waals surface area (Å²) in [5.74, 6) is 0.0344. The maximum atomic E-state index is 10.6. The maximum absolute atomic E-state index is 10.6. The number of nitrogens with two attached hydrogens (primary N) is 1. The first-order valence-electron chi connectivity index (χ1n) is 5.42. The minimum absolute atomic E-state index is 0.0344. The van der Waals surface area contributed by atoms with Gasteiger partial charge in [0.1, 0.15) is 0 Å². The summed E-state index contributed by atoms with van der Waals surface area (Å²) in [5.41, 5.74) is 5.87. The Bertz CT molecular complexity index is 184. The van der Waals surface area contributed by atoms with Crippen LogP contribution in [0, 0.1) is 0 Å². The highest BCUT2D eigenvalue weighted by atomic mass is 16.1. The minimum Gasteiger partial charge on any atom is -0.355 e. The Morgan fingerprint density at radius 3 is 2.86 bits per heavy atom. The summed E-state index contributed by atoms with van der Waals surface area (Å²) in [6.07, 6.45) is 4.66. The molecule has 82 valence electrons. The van der Waals surface area contributed by atoms with Crippen LogP contribution >= 0.6 is 0 Å². The van der Waals surface area contributed by atoms with Gasteiger partial charge >= 0.3 is 0 Å². The summed E-state index contributed by atoms with van der Waals surface area (Å²) < 4.78 is 0. The zero-order valence-electron chi connectivity index (χ0n) is 8.88. The topological polar surface area (TPSA) is 67.2 Å². The van der Waals surface area contributed by atoms with Gasteiger partial charge in [-0.25, -0.2) is 0 Å². The minimum atomic E-state index is 0.0344. The summed E-state index contributed by atoms with van der Waals surface area (Å²) >= 11 is 0. The SMILES string of the molecule is CC(=O)NCCNC1CCCC(N)C1. The van der Waals surface area contributed by atoms with Gasteiger partial charge in [0.25, 0.3) is 0 Å². The van der Waals surface area contributed by atoms with E-state index < -0.39 is 0 Å². The third-order valence-corrected chi connectivity index (χ3v) is 2.65. The van der Waals surface area contributed by atoms with Crippen LogP contribution in [0.5, 0.6) is 0 Å². The first kappa shape index (κ1) is 11.5. The summed E-state index contributed by atoms with van der Waals surface area (Å²) in [6, 6.07) is 0.912. The van der Waals surface area contributed by atoms with Crippen LogP contribution in [-0.2, 0) is 4.79 Å². The second-order valence-electron chi connectivity index (χ2n) is 4.06. The van der Waals surface area contributed by atoms with E-state index in [9.17, 15) is 4.79 Å². The normalized spacial score (nSPS) is 27.3. The van der Waals surface area contributed by atoms with E-state index in [1.54, 1.807) is 0 Å². The molecule has 0 aromatic carbocycles. The van der Waals surface area contributed by atoms with E-state index in [1.165, 1.54) is 19.8 Å². The number of carbonyl (C=O) groups is 1. The number of hydrogen-bond acceptors (Lipinski definition) is 3. The van der Waals surface area contributed by atoms with E-state index in [0.717, 1.165) is 19.4 Å². The van der Waals surface area contributed by atoms with Gasteiger partial charge in [-0.1, -0.05) is 6.42 Å². The van der Waals surface area contributed by atoms with Crippen molar-refractivity contribution < 1.29 is 4.79 Å². The number of amides is 1. The van der Waals surface area contributed by atoms with Gasteiger partial charge in [-0.05, 0) is 19.3 Å². The lowest BCUT2D eigenvalue weighted by atomic mass is 9.92. The van der Waals surface area contributed by atoms with Gasteiger partial charge in [0.2, 0.25) is 5.91 Å². The highest BCUT2D eigenvalue weighted by Gasteiger charge is 2.17. The van der Waals surface area contributed by atoms with Crippen molar-refractivity contribution >= 4 is 5.91 Å². The number of rotatable bonds is 4. The fourth-order valence-corrected chi connectivity index (χ4v) is 1.93. The maximum Gasteiger partial charge on any atom is 0.216 e. The van der Waals surface area contributed by atoms with E-state index in [-0.39, 0.29) is 5.91 Å². The molecule has 1 rings (SSSR count). The highest BCUT2D eigenvalue weighted by molar-refractivity contribution is 5.72. The Hall–Kier alpha value is -0.610. The van der Waals surface area contributed by atoms with Crippen LogP contribution in [0.2, 0.25) is 0 Å². The lowest BCUT2D eigenvalue weighted by molar-refractivity contribution is -0.118. The van der Waals surface area contributed by atoms with Crippen molar-refractivity contribution in [2.75, 3.05) is 13.1 Å². The molecule has 1 aliphatic carbocycles. The third kappa shape index (κ3) is 4.58. The summed E-state index contributed by atoms with van der Waals surface area (Å²) in [4.78, 5) is 10.6. The van der Waals surface area contributed by atoms with Crippen molar-refractivity contribution in [3.05, 3.63) is 0 Å². The standard InChI is InChI=1S/C10H21N3O/c1-8(14)12-5-6-13-10-4-2-3-9(11)7-10/h9-10,13H,2-7,11H2,1H3,(H,12,14). The van der Waals surface area contributed by atoms with Crippen molar-refractivity contribution in [1.29, 1.82) is 0 Å². The average Bonchev–Trinajstić information content (AvgIpc) is 2.12. The van der Waals surface area contributed by atoms with Crippen molar-refractivity contribution in [2.24, 2.45) is 5.73 Å². The summed E-state index contributed by atoms with van der Waals surface area (Å²) in [6.45, 7) is 3.09. The fraction of sp³-hybridized carbons (Fsp3) is 0.900.